The van der Waals surface area contributed by atoms with Crippen molar-refractivity contribution in [2.45, 2.75) is 26.2 Å². The molecule has 2 heterocycles. The summed E-state index contributed by atoms with van der Waals surface area (Å²) in [4.78, 5) is 11.3. The fourth-order valence-corrected chi connectivity index (χ4v) is 2.74. The van der Waals surface area contributed by atoms with Crippen LogP contribution >= 0.6 is 0 Å². The highest BCUT2D eigenvalue weighted by molar-refractivity contribution is 5.61. The third-order valence-electron chi connectivity index (χ3n) is 3.96. The summed E-state index contributed by atoms with van der Waals surface area (Å²) < 4.78 is 5.40. The summed E-state index contributed by atoms with van der Waals surface area (Å²) in [7, 11) is 0. The van der Waals surface area contributed by atoms with Crippen LogP contribution in [0.1, 0.15) is 26.3 Å². The molecule has 3 rings (SSSR count). The van der Waals surface area contributed by atoms with Crippen LogP contribution in [0.3, 0.4) is 0 Å². The number of benzene rings is 1. The molecule has 1 saturated heterocycles. The zero-order chi connectivity index (χ0) is 16.3. The van der Waals surface area contributed by atoms with E-state index in [1.54, 1.807) is 6.20 Å². The fourth-order valence-electron chi connectivity index (χ4n) is 2.74. The molecule has 0 atom stereocenters. The molecule has 0 aliphatic carbocycles. The van der Waals surface area contributed by atoms with Crippen molar-refractivity contribution < 1.29 is 4.74 Å². The maximum Gasteiger partial charge on any atom is 0.229 e. The predicted molar refractivity (Wildman–Crippen MR) is 93.5 cm³/mol. The second kappa shape index (κ2) is 6.54. The summed E-state index contributed by atoms with van der Waals surface area (Å²) in [6.07, 6.45) is 1.81. The van der Waals surface area contributed by atoms with Crippen LogP contribution in [0.4, 0.5) is 17.5 Å². The first kappa shape index (κ1) is 15.7. The average molecular weight is 312 g/mol. The van der Waals surface area contributed by atoms with Gasteiger partial charge in [-0.3, -0.25) is 0 Å². The molecule has 0 bridgehead atoms. The third kappa shape index (κ3) is 3.79. The van der Waals surface area contributed by atoms with E-state index in [1.165, 1.54) is 5.56 Å². The molecule has 1 aromatic heterocycles. The molecule has 1 aromatic carbocycles. The SMILES string of the molecule is CC(C)(C)c1ccccc1Nc1nccc(N2CCOCC2)n1. The average Bonchev–Trinajstić information content (AvgIpc) is 2.55. The Balaban J connectivity index is 1.84. The highest BCUT2D eigenvalue weighted by Crippen LogP contribution is 2.30. The summed E-state index contributed by atoms with van der Waals surface area (Å²) >= 11 is 0. The Labute approximate surface area is 137 Å². The normalized spacial score (nSPS) is 15.5. The maximum atomic E-state index is 5.40. The van der Waals surface area contributed by atoms with Crippen LogP contribution in [0.5, 0.6) is 0 Å². The minimum atomic E-state index is 0.0609. The summed E-state index contributed by atoms with van der Waals surface area (Å²) in [5, 5.41) is 3.38. The molecule has 0 amide bonds. The van der Waals surface area contributed by atoms with E-state index in [1.807, 2.05) is 12.1 Å². The van der Waals surface area contributed by atoms with Crippen LogP contribution < -0.4 is 10.2 Å². The summed E-state index contributed by atoms with van der Waals surface area (Å²) in [6.45, 7) is 9.86. The van der Waals surface area contributed by atoms with Crippen molar-refractivity contribution in [3.8, 4) is 0 Å². The van der Waals surface area contributed by atoms with E-state index in [9.17, 15) is 0 Å². The van der Waals surface area contributed by atoms with Crippen molar-refractivity contribution in [1.29, 1.82) is 0 Å². The van der Waals surface area contributed by atoms with Crippen molar-refractivity contribution >= 4 is 17.5 Å². The Hall–Kier alpha value is -2.14. The lowest BCUT2D eigenvalue weighted by Gasteiger charge is -2.28. The van der Waals surface area contributed by atoms with E-state index in [-0.39, 0.29) is 5.41 Å². The zero-order valence-corrected chi connectivity index (χ0v) is 14.0. The number of rotatable bonds is 3. The fraction of sp³-hybridized carbons (Fsp3) is 0.444. The summed E-state index contributed by atoms with van der Waals surface area (Å²) in [5.41, 5.74) is 2.37. The number of anilines is 3. The van der Waals surface area contributed by atoms with Crippen LogP contribution in [0.25, 0.3) is 0 Å². The van der Waals surface area contributed by atoms with E-state index in [0.717, 1.165) is 37.8 Å². The number of hydrogen-bond acceptors (Lipinski definition) is 5. The van der Waals surface area contributed by atoms with Crippen molar-refractivity contribution in [2.75, 3.05) is 36.5 Å². The van der Waals surface area contributed by atoms with E-state index >= 15 is 0 Å². The molecule has 1 aliphatic rings. The number of nitrogens with zero attached hydrogens (tertiary/aromatic N) is 3. The van der Waals surface area contributed by atoms with E-state index in [2.05, 4.69) is 59.2 Å². The lowest BCUT2D eigenvalue weighted by Crippen LogP contribution is -2.36. The molecule has 2 aromatic rings. The first-order chi connectivity index (χ1) is 11.0. The number of ether oxygens (including phenoxy) is 1. The van der Waals surface area contributed by atoms with Crippen molar-refractivity contribution in [3.63, 3.8) is 0 Å². The molecule has 23 heavy (non-hydrogen) atoms. The molecule has 1 aliphatic heterocycles. The van der Waals surface area contributed by atoms with Crippen LogP contribution in [-0.2, 0) is 10.2 Å². The van der Waals surface area contributed by atoms with Gasteiger partial charge in [0.1, 0.15) is 5.82 Å². The van der Waals surface area contributed by atoms with Crippen molar-refractivity contribution in [2.24, 2.45) is 0 Å². The van der Waals surface area contributed by atoms with Gasteiger partial charge in [0.2, 0.25) is 5.95 Å². The van der Waals surface area contributed by atoms with Crippen molar-refractivity contribution in [1.82, 2.24) is 9.97 Å². The monoisotopic (exact) mass is 312 g/mol. The molecular formula is C18H24N4O. The highest BCUT2D eigenvalue weighted by Gasteiger charge is 2.18. The Morgan fingerprint density at radius 1 is 1.09 bits per heavy atom. The van der Waals surface area contributed by atoms with Gasteiger partial charge in [-0.05, 0) is 23.1 Å². The summed E-state index contributed by atoms with van der Waals surface area (Å²) in [6, 6.07) is 10.3. The van der Waals surface area contributed by atoms with Gasteiger partial charge in [-0.1, -0.05) is 39.0 Å². The quantitative estimate of drug-likeness (QED) is 0.942. The van der Waals surface area contributed by atoms with Crippen LogP contribution in [0.2, 0.25) is 0 Å². The minimum Gasteiger partial charge on any atom is -0.378 e. The molecule has 0 spiro atoms. The van der Waals surface area contributed by atoms with Gasteiger partial charge >= 0.3 is 0 Å². The Morgan fingerprint density at radius 3 is 2.57 bits per heavy atom. The molecule has 5 nitrogen and oxygen atoms in total. The molecule has 5 heteroatoms. The second-order valence-corrected chi connectivity index (χ2v) is 6.76. The molecule has 0 unspecified atom stereocenters. The van der Waals surface area contributed by atoms with Crippen molar-refractivity contribution in [3.05, 3.63) is 42.1 Å². The largest absolute Gasteiger partial charge is 0.378 e. The highest BCUT2D eigenvalue weighted by atomic mass is 16.5. The topological polar surface area (TPSA) is 50.3 Å². The first-order valence-electron chi connectivity index (χ1n) is 8.06. The van der Waals surface area contributed by atoms with Crippen LogP contribution in [0, 0.1) is 0 Å². The molecule has 1 fully saturated rings. The van der Waals surface area contributed by atoms with Gasteiger partial charge in [-0.15, -0.1) is 0 Å². The van der Waals surface area contributed by atoms with Gasteiger partial charge in [0.05, 0.1) is 13.2 Å². The van der Waals surface area contributed by atoms with Gasteiger partial charge in [0.15, 0.2) is 0 Å². The lowest BCUT2D eigenvalue weighted by molar-refractivity contribution is 0.122. The Morgan fingerprint density at radius 2 is 1.83 bits per heavy atom. The number of aromatic nitrogens is 2. The molecule has 0 radical (unpaired) electrons. The lowest BCUT2D eigenvalue weighted by atomic mass is 9.86. The smallest absolute Gasteiger partial charge is 0.229 e. The van der Waals surface area contributed by atoms with Crippen LogP contribution in [0.15, 0.2) is 36.5 Å². The molecule has 1 N–H and O–H groups in total. The van der Waals surface area contributed by atoms with Gasteiger partial charge in [-0.2, -0.15) is 4.98 Å². The first-order valence-corrected chi connectivity index (χ1v) is 8.06. The minimum absolute atomic E-state index is 0.0609. The zero-order valence-electron chi connectivity index (χ0n) is 14.0. The summed E-state index contributed by atoms with van der Waals surface area (Å²) in [5.74, 6) is 1.57. The van der Waals surface area contributed by atoms with Gasteiger partial charge in [-0.25, -0.2) is 4.98 Å². The molecule has 0 saturated carbocycles. The van der Waals surface area contributed by atoms with E-state index < -0.39 is 0 Å². The number of para-hydroxylation sites is 1. The number of nitrogens with one attached hydrogen (secondary N) is 1. The van der Waals surface area contributed by atoms with Gasteiger partial charge < -0.3 is 15.0 Å². The third-order valence-corrected chi connectivity index (χ3v) is 3.96. The van der Waals surface area contributed by atoms with E-state index in [0.29, 0.717) is 5.95 Å². The van der Waals surface area contributed by atoms with Crippen LogP contribution in [-0.4, -0.2) is 36.3 Å². The van der Waals surface area contributed by atoms with Gasteiger partial charge in [0.25, 0.3) is 0 Å². The Kier molecular flexibility index (Phi) is 4.48. The predicted octanol–water partition coefficient (Wildman–Crippen LogP) is 3.35. The second-order valence-electron chi connectivity index (χ2n) is 6.76. The molecular weight excluding hydrogens is 288 g/mol. The van der Waals surface area contributed by atoms with E-state index in [4.69, 9.17) is 4.74 Å². The molecule has 122 valence electrons. The maximum absolute atomic E-state index is 5.40. The number of hydrogen-bond donors (Lipinski definition) is 1. The van der Waals surface area contributed by atoms with Gasteiger partial charge in [0, 0.05) is 25.0 Å². The Bertz CT molecular complexity index is 660. The standard InChI is InChI=1S/C18H24N4O/c1-18(2,3)14-6-4-5-7-15(14)20-17-19-9-8-16(21-17)22-10-12-23-13-11-22/h4-9H,10-13H2,1-3H3,(H,19,20,21). The number of morpholine rings is 1.